The van der Waals surface area contributed by atoms with Gasteiger partial charge >= 0.3 is 5.97 Å². The topological polar surface area (TPSA) is 52.3 Å². The molecule has 1 aliphatic rings. The maximum atomic E-state index is 11.6. The van der Waals surface area contributed by atoms with Crippen LogP contribution < -0.4 is 5.73 Å². The molecule has 0 fully saturated rings. The van der Waals surface area contributed by atoms with E-state index in [1.165, 1.54) is 7.11 Å². The second-order valence-electron chi connectivity index (χ2n) is 3.62. The van der Waals surface area contributed by atoms with Crippen molar-refractivity contribution in [2.45, 2.75) is 18.4 Å². The fraction of sp³-hybridized carbons (Fsp3) is 0.364. The Hall–Kier alpha value is -1.06. The summed E-state index contributed by atoms with van der Waals surface area (Å²) in [5.41, 5.74) is 7.19. The Balaban J connectivity index is 0.00000112. The molecule has 0 aromatic heterocycles. The largest absolute Gasteiger partial charge is 0.467 e. The molecule has 82 valence electrons. The number of aryl methyl sites for hydroxylation is 1. The molecule has 1 aliphatic carbocycles. The summed E-state index contributed by atoms with van der Waals surface area (Å²) in [6.45, 7) is 0. The van der Waals surface area contributed by atoms with Crippen molar-refractivity contribution in [1.82, 2.24) is 0 Å². The van der Waals surface area contributed by atoms with E-state index in [1.54, 1.807) is 0 Å². The first-order valence-electron chi connectivity index (χ1n) is 4.64. The average Bonchev–Trinajstić information content (AvgIpc) is 2.58. The van der Waals surface area contributed by atoms with Crippen LogP contribution in [0.5, 0.6) is 0 Å². The lowest BCUT2D eigenvalue weighted by Crippen LogP contribution is -2.43. The standard InChI is InChI=1S/C11H13NO2.ClH/c1-14-10(13)11(12)7-6-8-4-2-3-5-9(8)11;/h2-5H,6-7,12H2,1H3;1H. The van der Waals surface area contributed by atoms with Crippen LogP contribution in [0.2, 0.25) is 0 Å². The van der Waals surface area contributed by atoms with Gasteiger partial charge in [-0.3, -0.25) is 0 Å². The van der Waals surface area contributed by atoms with Crippen LogP contribution in [-0.4, -0.2) is 13.1 Å². The van der Waals surface area contributed by atoms with Gasteiger partial charge in [0.2, 0.25) is 0 Å². The first-order valence-corrected chi connectivity index (χ1v) is 4.64. The Kier molecular flexibility index (Phi) is 3.37. The highest BCUT2D eigenvalue weighted by Gasteiger charge is 2.42. The summed E-state index contributed by atoms with van der Waals surface area (Å²) in [4.78, 5) is 11.6. The molecule has 0 saturated carbocycles. The molecule has 4 heteroatoms. The molecular formula is C11H14ClNO2. The number of benzene rings is 1. The van der Waals surface area contributed by atoms with E-state index in [2.05, 4.69) is 0 Å². The summed E-state index contributed by atoms with van der Waals surface area (Å²) < 4.78 is 4.73. The molecule has 0 heterocycles. The van der Waals surface area contributed by atoms with E-state index >= 15 is 0 Å². The fourth-order valence-corrected chi connectivity index (χ4v) is 2.03. The predicted octanol–water partition coefficient (Wildman–Crippen LogP) is 1.38. The maximum absolute atomic E-state index is 11.6. The number of halogens is 1. The van der Waals surface area contributed by atoms with Crippen LogP contribution in [0.4, 0.5) is 0 Å². The molecule has 1 atom stereocenters. The van der Waals surface area contributed by atoms with E-state index in [-0.39, 0.29) is 18.4 Å². The van der Waals surface area contributed by atoms with Gasteiger partial charge in [0.05, 0.1) is 7.11 Å². The van der Waals surface area contributed by atoms with Crippen LogP contribution >= 0.6 is 12.4 Å². The van der Waals surface area contributed by atoms with Crippen molar-refractivity contribution in [2.75, 3.05) is 7.11 Å². The smallest absolute Gasteiger partial charge is 0.330 e. The normalized spacial score (nSPS) is 22.8. The van der Waals surface area contributed by atoms with Crippen LogP contribution in [-0.2, 0) is 21.5 Å². The highest BCUT2D eigenvalue weighted by atomic mass is 35.5. The van der Waals surface area contributed by atoms with E-state index in [1.807, 2.05) is 24.3 Å². The van der Waals surface area contributed by atoms with Gasteiger partial charge in [0.25, 0.3) is 0 Å². The summed E-state index contributed by atoms with van der Waals surface area (Å²) in [6.07, 6.45) is 1.49. The number of carbonyl (C=O) groups excluding carboxylic acids is 1. The number of rotatable bonds is 1. The van der Waals surface area contributed by atoms with Gasteiger partial charge in [0, 0.05) is 0 Å². The minimum atomic E-state index is -0.925. The number of esters is 1. The van der Waals surface area contributed by atoms with Gasteiger partial charge < -0.3 is 10.5 Å². The van der Waals surface area contributed by atoms with Gasteiger partial charge in [-0.15, -0.1) is 12.4 Å². The molecule has 15 heavy (non-hydrogen) atoms. The van der Waals surface area contributed by atoms with Crippen molar-refractivity contribution in [3.05, 3.63) is 35.4 Å². The van der Waals surface area contributed by atoms with Crippen LogP contribution in [0.25, 0.3) is 0 Å². The summed E-state index contributed by atoms with van der Waals surface area (Å²) >= 11 is 0. The van der Waals surface area contributed by atoms with Gasteiger partial charge in [-0.1, -0.05) is 24.3 Å². The van der Waals surface area contributed by atoms with E-state index in [9.17, 15) is 4.79 Å². The molecule has 0 aliphatic heterocycles. The Morgan fingerprint density at radius 2 is 2.13 bits per heavy atom. The zero-order valence-electron chi connectivity index (χ0n) is 8.53. The second kappa shape index (κ2) is 4.21. The molecular weight excluding hydrogens is 214 g/mol. The highest BCUT2D eigenvalue weighted by Crippen LogP contribution is 2.35. The van der Waals surface area contributed by atoms with Crippen molar-refractivity contribution in [1.29, 1.82) is 0 Å². The number of hydrogen-bond acceptors (Lipinski definition) is 3. The highest BCUT2D eigenvalue weighted by molar-refractivity contribution is 5.85. The zero-order chi connectivity index (χ0) is 10.2. The Morgan fingerprint density at radius 1 is 1.47 bits per heavy atom. The molecule has 1 unspecified atom stereocenters. The summed E-state index contributed by atoms with van der Waals surface area (Å²) in [5, 5.41) is 0. The maximum Gasteiger partial charge on any atom is 0.330 e. The van der Waals surface area contributed by atoms with Gasteiger partial charge in [0.15, 0.2) is 0 Å². The Morgan fingerprint density at radius 3 is 2.80 bits per heavy atom. The monoisotopic (exact) mass is 227 g/mol. The number of methoxy groups -OCH3 is 1. The molecule has 0 spiro atoms. The lowest BCUT2D eigenvalue weighted by Gasteiger charge is -2.21. The molecule has 2 rings (SSSR count). The molecule has 2 N–H and O–H groups in total. The minimum Gasteiger partial charge on any atom is -0.467 e. The lowest BCUT2D eigenvalue weighted by atomic mass is 9.93. The van der Waals surface area contributed by atoms with Crippen molar-refractivity contribution in [3.63, 3.8) is 0 Å². The number of nitrogens with two attached hydrogens (primary N) is 1. The molecule has 0 saturated heterocycles. The quantitative estimate of drug-likeness (QED) is 0.738. The summed E-state index contributed by atoms with van der Waals surface area (Å²) in [7, 11) is 1.37. The average molecular weight is 228 g/mol. The molecule has 0 amide bonds. The van der Waals surface area contributed by atoms with Crippen LogP contribution in [0.15, 0.2) is 24.3 Å². The van der Waals surface area contributed by atoms with E-state index in [0.29, 0.717) is 6.42 Å². The third kappa shape index (κ3) is 1.73. The van der Waals surface area contributed by atoms with Crippen molar-refractivity contribution in [3.8, 4) is 0 Å². The van der Waals surface area contributed by atoms with Gasteiger partial charge in [-0.05, 0) is 24.0 Å². The first kappa shape index (κ1) is 12.0. The zero-order valence-corrected chi connectivity index (χ0v) is 9.34. The predicted molar refractivity (Wildman–Crippen MR) is 59.9 cm³/mol. The number of fused-ring (bicyclic) bond motifs is 1. The lowest BCUT2D eigenvalue weighted by molar-refractivity contribution is -0.147. The minimum absolute atomic E-state index is 0. The number of hydrogen-bond donors (Lipinski definition) is 1. The first-order chi connectivity index (χ1) is 6.68. The molecule has 1 aromatic rings. The van der Waals surface area contributed by atoms with Crippen molar-refractivity contribution < 1.29 is 9.53 Å². The summed E-state index contributed by atoms with van der Waals surface area (Å²) in [5.74, 6) is -0.345. The van der Waals surface area contributed by atoms with Crippen molar-refractivity contribution in [2.24, 2.45) is 5.73 Å². The van der Waals surface area contributed by atoms with E-state index in [4.69, 9.17) is 10.5 Å². The third-order valence-electron chi connectivity index (χ3n) is 2.84. The fourth-order valence-electron chi connectivity index (χ4n) is 2.03. The van der Waals surface area contributed by atoms with Gasteiger partial charge in [0.1, 0.15) is 5.54 Å². The van der Waals surface area contributed by atoms with E-state index < -0.39 is 5.54 Å². The molecule has 0 radical (unpaired) electrons. The number of ether oxygens (including phenoxy) is 1. The Labute approximate surface area is 95.0 Å². The Bertz CT molecular complexity index is 381. The second-order valence-corrected chi connectivity index (χ2v) is 3.62. The third-order valence-corrected chi connectivity index (χ3v) is 2.84. The van der Waals surface area contributed by atoms with Crippen LogP contribution in [0.1, 0.15) is 17.5 Å². The van der Waals surface area contributed by atoms with Crippen LogP contribution in [0, 0.1) is 0 Å². The molecule has 0 bridgehead atoms. The summed E-state index contributed by atoms with van der Waals surface area (Å²) in [6, 6.07) is 7.77. The van der Waals surface area contributed by atoms with Crippen molar-refractivity contribution >= 4 is 18.4 Å². The van der Waals surface area contributed by atoms with Gasteiger partial charge in [-0.25, -0.2) is 4.79 Å². The van der Waals surface area contributed by atoms with E-state index in [0.717, 1.165) is 17.5 Å². The number of carbonyl (C=O) groups is 1. The molecule has 1 aromatic carbocycles. The SMILES string of the molecule is COC(=O)C1(N)CCc2ccccc21.Cl. The van der Waals surface area contributed by atoms with Gasteiger partial charge in [-0.2, -0.15) is 0 Å². The molecule has 3 nitrogen and oxygen atoms in total. The van der Waals surface area contributed by atoms with Crippen LogP contribution in [0.3, 0.4) is 0 Å².